The molecule has 0 amide bonds. The maximum Gasteiger partial charge on any atom is 0.341 e. The zero-order chi connectivity index (χ0) is 13.0. The van der Waals surface area contributed by atoms with E-state index in [9.17, 15) is 9.18 Å². The number of benzene rings is 1. The second-order valence-corrected chi connectivity index (χ2v) is 4.58. The Bertz CT molecular complexity index is 553. The second kappa shape index (κ2) is 5.73. The summed E-state index contributed by atoms with van der Waals surface area (Å²) in [6.07, 6.45) is 0.853. The molecule has 0 saturated carbocycles. The van der Waals surface area contributed by atoms with E-state index in [2.05, 4.69) is 4.98 Å². The van der Waals surface area contributed by atoms with Crippen LogP contribution < -0.4 is 0 Å². The van der Waals surface area contributed by atoms with Gasteiger partial charge in [-0.3, -0.25) is 0 Å². The Hall–Kier alpha value is -1.75. The first-order valence-corrected chi connectivity index (χ1v) is 6.43. The number of halogens is 1. The van der Waals surface area contributed by atoms with Gasteiger partial charge < -0.3 is 4.74 Å². The summed E-state index contributed by atoms with van der Waals surface area (Å²) >= 11 is 1.52. The van der Waals surface area contributed by atoms with E-state index in [1.165, 1.54) is 29.5 Å². The van der Waals surface area contributed by atoms with Crippen molar-refractivity contribution in [3.05, 3.63) is 51.7 Å². The Balaban J connectivity index is 1.98. The van der Waals surface area contributed by atoms with E-state index >= 15 is 0 Å². The molecule has 94 valence electrons. The number of rotatable bonds is 4. The van der Waals surface area contributed by atoms with Crippen molar-refractivity contribution in [1.82, 2.24) is 4.98 Å². The van der Waals surface area contributed by atoms with Crippen LogP contribution in [-0.2, 0) is 17.8 Å². The molecule has 1 aromatic heterocycles. The van der Waals surface area contributed by atoms with Crippen LogP contribution in [0.3, 0.4) is 0 Å². The van der Waals surface area contributed by atoms with E-state index < -0.39 is 11.8 Å². The molecule has 3 nitrogen and oxygen atoms in total. The minimum Gasteiger partial charge on any atom is -0.455 e. The maximum absolute atomic E-state index is 13.3. The molecule has 0 aliphatic heterocycles. The Kier molecular flexibility index (Phi) is 4.04. The van der Waals surface area contributed by atoms with Crippen LogP contribution in [-0.4, -0.2) is 11.0 Å². The van der Waals surface area contributed by atoms with Gasteiger partial charge in [0.2, 0.25) is 0 Å². The lowest BCUT2D eigenvalue weighted by Crippen LogP contribution is -2.07. The normalized spacial score (nSPS) is 10.3. The van der Waals surface area contributed by atoms with Crippen molar-refractivity contribution in [2.45, 2.75) is 20.0 Å². The summed E-state index contributed by atoms with van der Waals surface area (Å²) in [5.74, 6) is -1.24. The summed E-state index contributed by atoms with van der Waals surface area (Å²) in [5, 5.41) is 2.83. The highest BCUT2D eigenvalue weighted by atomic mass is 32.1. The van der Waals surface area contributed by atoms with Gasteiger partial charge in [0, 0.05) is 5.38 Å². The first-order chi connectivity index (χ1) is 8.70. The van der Waals surface area contributed by atoms with Crippen LogP contribution in [0, 0.1) is 5.82 Å². The van der Waals surface area contributed by atoms with Gasteiger partial charge in [-0.25, -0.2) is 14.2 Å². The van der Waals surface area contributed by atoms with Crippen LogP contribution in [0.1, 0.15) is 28.0 Å². The average Bonchev–Trinajstić information content (AvgIpc) is 2.84. The molecule has 0 fully saturated rings. The average molecular weight is 265 g/mol. The van der Waals surface area contributed by atoms with Crippen molar-refractivity contribution in [3.8, 4) is 0 Å². The fourth-order valence-electron chi connectivity index (χ4n) is 1.42. The Morgan fingerprint density at radius 1 is 1.44 bits per heavy atom. The molecule has 0 saturated heterocycles. The summed E-state index contributed by atoms with van der Waals surface area (Å²) in [4.78, 5) is 15.9. The molecule has 0 spiro atoms. The number of aromatic nitrogens is 1. The number of nitrogens with zero attached hydrogens (tertiary/aromatic N) is 1. The highest BCUT2D eigenvalue weighted by molar-refractivity contribution is 7.09. The van der Waals surface area contributed by atoms with E-state index in [0.717, 1.165) is 11.4 Å². The number of esters is 1. The van der Waals surface area contributed by atoms with Crippen LogP contribution in [0.5, 0.6) is 0 Å². The molecular weight excluding hydrogens is 253 g/mol. The van der Waals surface area contributed by atoms with Gasteiger partial charge >= 0.3 is 5.97 Å². The molecule has 2 rings (SSSR count). The van der Waals surface area contributed by atoms with Crippen LogP contribution >= 0.6 is 11.3 Å². The highest BCUT2D eigenvalue weighted by Gasteiger charge is 2.12. The molecule has 0 unspecified atom stereocenters. The fourth-order valence-corrected chi connectivity index (χ4v) is 2.15. The third-order valence-corrected chi connectivity index (χ3v) is 3.39. The molecular formula is C13H12FNO2S. The van der Waals surface area contributed by atoms with Gasteiger partial charge in [-0.15, -0.1) is 11.3 Å². The quantitative estimate of drug-likeness (QED) is 0.797. The lowest BCUT2D eigenvalue weighted by Gasteiger charge is -2.03. The first-order valence-electron chi connectivity index (χ1n) is 5.55. The van der Waals surface area contributed by atoms with Crippen LogP contribution in [0.4, 0.5) is 4.39 Å². The van der Waals surface area contributed by atoms with Crippen LogP contribution in [0.15, 0.2) is 29.6 Å². The first kappa shape index (κ1) is 12.7. The Morgan fingerprint density at radius 3 is 2.89 bits per heavy atom. The number of aryl methyl sites for hydroxylation is 1. The minimum atomic E-state index is -0.667. The van der Waals surface area contributed by atoms with Crippen molar-refractivity contribution in [1.29, 1.82) is 0 Å². The van der Waals surface area contributed by atoms with Gasteiger partial charge in [0.25, 0.3) is 0 Å². The molecule has 0 bridgehead atoms. The number of ether oxygens (including phenoxy) is 1. The predicted octanol–water partition coefficient (Wildman–Crippen LogP) is 3.20. The van der Waals surface area contributed by atoms with E-state index in [0.29, 0.717) is 5.69 Å². The molecule has 0 atom stereocenters. The largest absolute Gasteiger partial charge is 0.455 e. The molecule has 2 aromatic rings. The van der Waals surface area contributed by atoms with Crippen molar-refractivity contribution < 1.29 is 13.9 Å². The summed E-state index contributed by atoms with van der Waals surface area (Å²) < 4.78 is 18.3. The molecule has 18 heavy (non-hydrogen) atoms. The van der Waals surface area contributed by atoms with Crippen molar-refractivity contribution in [2.75, 3.05) is 0 Å². The van der Waals surface area contributed by atoms with Gasteiger partial charge in [0.1, 0.15) is 12.4 Å². The summed E-state index contributed by atoms with van der Waals surface area (Å²) in [6, 6.07) is 5.75. The number of carbonyl (C=O) groups excluding carboxylic acids is 1. The second-order valence-electron chi connectivity index (χ2n) is 3.64. The molecule has 0 radical (unpaired) electrons. The van der Waals surface area contributed by atoms with Crippen LogP contribution in [0.2, 0.25) is 0 Å². The van der Waals surface area contributed by atoms with E-state index in [4.69, 9.17) is 4.74 Å². The topological polar surface area (TPSA) is 39.2 Å². The van der Waals surface area contributed by atoms with E-state index in [1.807, 2.05) is 12.3 Å². The summed E-state index contributed by atoms with van der Waals surface area (Å²) in [5.41, 5.74) is 0.644. The van der Waals surface area contributed by atoms with Gasteiger partial charge in [0.05, 0.1) is 16.3 Å². The number of carbonyl (C=O) groups is 1. The Morgan fingerprint density at radius 2 is 2.22 bits per heavy atom. The number of hydrogen-bond donors (Lipinski definition) is 0. The highest BCUT2D eigenvalue weighted by Crippen LogP contribution is 2.13. The van der Waals surface area contributed by atoms with Crippen molar-refractivity contribution in [2.24, 2.45) is 0 Å². The smallest absolute Gasteiger partial charge is 0.341 e. The van der Waals surface area contributed by atoms with Gasteiger partial charge in [-0.05, 0) is 18.6 Å². The molecule has 5 heteroatoms. The van der Waals surface area contributed by atoms with Crippen LogP contribution in [0.25, 0.3) is 0 Å². The standard InChI is InChI=1S/C13H12FNO2S/c1-2-12-15-9(8-18-12)7-17-13(16)10-5-3-4-6-11(10)14/h3-6,8H,2,7H2,1H3. The minimum absolute atomic E-state index is 0.0524. The molecule has 0 N–H and O–H groups in total. The summed E-state index contributed by atoms with van der Waals surface area (Å²) in [6.45, 7) is 2.08. The predicted molar refractivity (Wildman–Crippen MR) is 67.0 cm³/mol. The van der Waals surface area contributed by atoms with E-state index in [-0.39, 0.29) is 12.2 Å². The molecule has 0 aliphatic rings. The van der Waals surface area contributed by atoms with Crippen molar-refractivity contribution in [3.63, 3.8) is 0 Å². The SMILES string of the molecule is CCc1nc(COC(=O)c2ccccc2F)cs1. The number of thiazole rings is 1. The van der Waals surface area contributed by atoms with E-state index in [1.54, 1.807) is 6.07 Å². The lowest BCUT2D eigenvalue weighted by molar-refractivity contribution is 0.0463. The number of hydrogen-bond acceptors (Lipinski definition) is 4. The Labute approximate surface area is 108 Å². The molecule has 1 heterocycles. The zero-order valence-electron chi connectivity index (χ0n) is 9.85. The third-order valence-electron chi connectivity index (χ3n) is 2.35. The maximum atomic E-state index is 13.3. The monoisotopic (exact) mass is 265 g/mol. The van der Waals surface area contributed by atoms with Gasteiger partial charge in [-0.2, -0.15) is 0 Å². The lowest BCUT2D eigenvalue weighted by atomic mass is 10.2. The molecule has 1 aromatic carbocycles. The van der Waals surface area contributed by atoms with Gasteiger partial charge in [-0.1, -0.05) is 19.1 Å². The summed E-state index contributed by atoms with van der Waals surface area (Å²) in [7, 11) is 0. The molecule has 0 aliphatic carbocycles. The zero-order valence-corrected chi connectivity index (χ0v) is 10.7. The third kappa shape index (κ3) is 2.92. The fraction of sp³-hybridized carbons (Fsp3) is 0.231. The van der Waals surface area contributed by atoms with Gasteiger partial charge in [0.15, 0.2) is 0 Å². The van der Waals surface area contributed by atoms with Crippen molar-refractivity contribution >= 4 is 17.3 Å².